The summed E-state index contributed by atoms with van der Waals surface area (Å²) in [6.45, 7) is 2.13. The first-order chi connectivity index (χ1) is 33.6. The monoisotopic (exact) mass is 1180 g/mol. The van der Waals surface area contributed by atoms with Gasteiger partial charge < -0.3 is 14.8 Å². The van der Waals surface area contributed by atoms with Gasteiger partial charge in [0, 0.05) is 47.7 Å². The minimum atomic E-state index is -4.69. The Balaban J connectivity index is 0.00000159. The molecule has 0 bridgehead atoms. The molecule has 0 saturated heterocycles. The van der Waals surface area contributed by atoms with E-state index in [2.05, 4.69) is 35.7 Å². The number of halogens is 4. The topological polar surface area (TPSA) is 384 Å². The van der Waals surface area contributed by atoms with Crippen LogP contribution in [0.2, 0.25) is 20.1 Å². The molecule has 1 heterocycles. The second-order valence-corrected chi connectivity index (χ2v) is 21.0. The molecule has 0 aliphatic rings. The summed E-state index contributed by atoms with van der Waals surface area (Å²) >= 11 is 25.3. The van der Waals surface area contributed by atoms with Crippen molar-refractivity contribution in [3.8, 4) is 11.5 Å². The molecule has 4 aromatic carbocycles. The molecular formula is C38H38Cl4N8O17S5. The average Bonchev–Trinajstić information content (AvgIpc) is 3.25. The zero-order valence-electron chi connectivity index (χ0n) is 36.7. The van der Waals surface area contributed by atoms with Gasteiger partial charge in [-0.2, -0.15) is 45.4 Å². The molecule has 34 heteroatoms. The zero-order chi connectivity index (χ0) is 53.8. The molecule has 0 amide bonds. The van der Waals surface area contributed by atoms with E-state index in [4.69, 9.17) is 86.1 Å². The van der Waals surface area contributed by atoms with Gasteiger partial charge in [-0.3, -0.25) is 13.7 Å². The van der Waals surface area contributed by atoms with Gasteiger partial charge in [0.05, 0.1) is 51.2 Å². The second-order valence-electron chi connectivity index (χ2n) is 13.9. The standard InChI is InChI=1S/C38H38Cl4N8O11S3.2O3S/c1-2-12-60-33-21-31(49-47-26-7-5-25(39)6-8-26)29(41)16-23(33)18-36-44-37(46-38(45-36)43-11-3-14-62(51,52)53)19-24-17-30(42)32(22-34(24)61-13-4-15-63(54,55)56)50-48-27-9-10-28(40)35(20-27)64(57,58)59;2*1-4(2)3/h5-10,16-17,20-22H,2-4,11-15,18-19H2,1H3,(H,51,52,53)(H,54,55,56)(H,57,58,59)(H,43,44,45,46);;. The van der Waals surface area contributed by atoms with Crippen LogP contribution in [0.1, 0.15) is 49.0 Å². The molecule has 0 aliphatic carbocycles. The van der Waals surface area contributed by atoms with Crippen LogP contribution in [0.25, 0.3) is 0 Å². The van der Waals surface area contributed by atoms with Crippen molar-refractivity contribution in [1.82, 2.24) is 15.0 Å². The van der Waals surface area contributed by atoms with Gasteiger partial charge in [-0.25, -0.2) is 4.98 Å². The van der Waals surface area contributed by atoms with Crippen molar-refractivity contribution in [2.45, 2.75) is 43.9 Å². The summed E-state index contributed by atoms with van der Waals surface area (Å²) in [5.74, 6) is -0.156. The quantitative estimate of drug-likeness (QED) is 0.0291. The summed E-state index contributed by atoms with van der Waals surface area (Å²) in [5, 5.41) is 20.2. The largest absolute Gasteiger partial charge is 0.493 e. The number of aromatic nitrogens is 3. The van der Waals surface area contributed by atoms with E-state index < -0.39 is 68.0 Å². The molecule has 72 heavy (non-hydrogen) atoms. The Hall–Kier alpha value is -5.38. The molecule has 0 aliphatic heterocycles. The highest BCUT2D eigenvalue weighted by molar-refractivity contribution is 7.86. The van der Waals surface area contributed by atoms with Gasteiger partial charge in [-0.15, -0.1) is 35.5 Å². The number of nitrogens with zero attached hydrogens (tertiary/aromatic N) is 7. The van der Waals surface area contributed by atoms with Gasteiger partial charge in [0.15, 0.2) is 0 Å². The molecule has 0 fully saturated rings. The van der Waals surface area contributed by atoms with E-state index in [1.807, 2.05) is 6.92 Å². The number of ether oxygens (including phenoxy) is 2. The lowest BCUT2D eigenvalue weighted by Gasteiger charge is -2.15. The lowest BCUT2D eigenvalue weighted by atomic mass is 10.1. The van der Waals surface area contributed by atoms with Gasteiger partial charge in [-0.1, -0.05) is 53.3 Å². The van der Waals surface area contributed by atoms with Crippen molar-refractivity contribution in [1.29, 1.82) is 0 Å². The molecule has 25 nitrogen and oxygen atoms in total. The highest BCUT2D eigenvalue weighted by Crippen LogP contribution is 2.38. The third kappa shape index (κ3) is 23.4. The lowest BCUT2D eigenvalue weighted by molar-refractivity contribution is 0.313. The van der Waals surface area contributed by atoms with E-state index in [-0.39, 0.29) is 88.6 Å². The molecule has 1 aromatic heterocycles. The molecule has 5 rings (SSSR count). The first-order valence-corrected chi connectivity index (χ1v) is 28.0. The van der Waals surface area contributed by atoms with Crippen LogP contribution in [0.4, 0.5) is 28.7 Å². The van der Waals surface area contributed by atoms with Crippen molar-refractivity contribution >= 4 is 127 Å². The third-order valence-electron chi connectivity index (χ3n) is 8.38. The maximum atomic E-state index is 11.8. The minimum absolute atomic E-state index is 0.00610. The number of nitrogens with one attached hydrogen (secondary N) is 1. The zero-order valence-corrected chi connectivity index (χ0v) is 43.8. The van der Waals surface area contributed by atoms with E-state index in [0.29, 0.717) is 46.3 Å². The Kier molecular flexibility index (Phi) is 24.3. The van der Waals surface area contributed by atoms with E-state index in [1.54, 1.807) is 36.4 Å². The molecule has 0 saturated carbocycles. The average molecular weight is 1180 g/mol. The minimum Gasteiger partial charge on any atom is -0.493 e. The fourth-order valence-electron chi connectivity index (χ4n) is 5.49. The number of anilines is 1. The Bertz CT molecular complexity index is 3320. The van der Waals surface area contributed by atoms with Crippen LogP contribution in [0.3, 0.4) is 0 Å². The summed E-state index contributed by atoms with van der Waals surface area (Å²) in [6.07, 6.45) is 0.535. The Morgan fingerprint density at radius 1 is 0.583 bits per heavy atom. The van der Waals surface area contributed by atoms with Crippen LogP contribution in [0.5, 0.6) is 11.5 Å². The van der Waals surface area contributed by atoms with Crippen LogP contribution < -0.4 is 14.8 Å². The van der Waals surface area contributed by atoms with Crippen LogP contribution in [0.15, 0.2) is 92.1 Å². The van der Waals surface area contributed by atoms with E-state index >= 15 is 0 Å². The first-order valence-electron chi connectivity index (χ1n) is 19.8. The fourth-order valence-corrected chi connectivity index (χ4v) is 8.05. The maximum absolute atomic E-state index is 11.8. The van der Waals surface area contributed by atoms with Crippen LogP contribution in [-0.4, -0.2) is 110 Å². The summed E-state index contributed by atoms with van der Waals surface area (Å²) in [7, 11) is -19.5. The van der Waals surface area contributed by atoms with Crippen molar-refractivity contribution in [3.05, 3.63) is 110 Å². The lowest BCUT2D eigenvalue weighted by Crippen LogP contribution is -2.15. The summed E-state index contributed by atoms with van der Waals surface area (Å²) < 4.78 is 160. The van der Waals surface area contributed by atoms with Crippen molar-refractivity contribution in [3.63, 3.8) is 0 Å². The number of benzene rings is 4. The number of rotatable bonds is 22. The predicted molar refractivity (Wildman–Crippen MR) is 261 cm³/mol. The van der Waals surface area contributed by atoms with Gasteiger partial charge in [0.1, 0.15) is 39.4 Å². The van der Waals surface area contributed by atoms with E-state index in [0.717, 1.165) is 6.07 Å². The van der Waals surface area contributed by atoms with Crippen molar-refractivity contribution < 1.29 is 73.6 Å². The highest BCUT2D eigenvalue weighted by atomic mass is 35.5. The molecule has 0 radical (unpaired) electrons. The summed E-state index contributed by atoms with van der Waals surface area (Å²) in [4.78, 5) is 13.2. The molecule has 0 unspecified atom stereocenters. The van der Waals surface area contributed by atoms with Crippen LogP contribution >= 0.6 is 46.4 Å². The molecule has 0 atom stereocenters. The molecular weight excluding hydrogens is 1140 g/mol. The maximum Gasteiger partial charge on any atom is 0.425 e. The second kappa shape index (κ2) is 28.8. The molecule has 0 spiro atoms. The highest BCUT2D eigenvalue weighted by Gasteiger charge is 2.19. The van der Waals surface area contributed by atoms with E-state index in [9.17, 15) is 38.9 Å². The van der Waals surface area contributed by atoms with Crippen LogP contribution in [0, 0.1) is 0 Å². The fraction of sp³-hybridized carbons (Fsp3) is 0.289. The van der Waals surface area contributed by atoms with Crippen LogP contribution in [-0.2, 0) is 64.4 Å². The number of hydrogen-bond acceptors (Lipinski definition) is 22. The Labute approximate surface area is 434 Å². The predicted octanol–water partition coefficient (Wildman–Crippen LogP) is 7.87. The van der Waals surface area contributed by atoms with Gasteiger partial charge in [-0.05, 0) is 73.9 Å². The Morgan fingerprint density at radius 2 is 1.04 bits per heavy atom. The SMILES string of the molecule is CCCOc1cc(N=Nc2ccc(Cl)cc2)c(Cl)cc1Cc1nc(Cc2cc(Cl)c(N=Nc3ccc(Cl)c(S(=O)(=O)O)c3)cc2OCCCS(=O)(=O)O)nc(NCCCS(=O)(=O)O)n1.O=S(=O)=O.O=S(=O)=O. The first kappa shape index (κ1) is 60.9. The molecule has 390 valence electrons. The van der Waals surface area contributed by atoms with Gasteiger partial charge >= 0.3 is 21.2 Å². The normalized spacial score (nSPS) is 11.6. The van der Waals surface area contributed by atoms with Gasteiger partial charge in [0.2, 0.25) is 5.95 Å². The summed E-state index contributed by atoms with van der Waals surface area (Å²) in [6, 6.07) is 16.4. The van der Waals surface area contributed by atoms with Crippen molar-refractivity contribution in [2.24, 2.45) is 20.5 Å². The smallest absolute Gasteiger partial charge is 0.425 e. The van der Waals surface area contributed by atoms with Crippen molar-refractivity contribution in [2.75, 3.05) is 36.6 Å². The third-order valence-corrected chi connectivity index (χ3v) is 12.2. The molecule has 4 N–H and O–H groups in total. The van der Waals surface area contributed by atoms with E-state index in [1.165, 1.54) is 24.3 Å². The molecule has 5 aromatic rings. The number of azo groups is 2. The number of hydrogen-bond donors (Lipinski definition) is 4. The Morgan fingerprint density at radius 3 is 1.51 bits per heavy atom. The van der Waals surface area contributed by atoms with Gasteiger partial charge in [0.25, 0.3) is 30.4 Å². The summed E-state index contributed by atoms with van der Waals surface area (Å²) in [5.41, 5.74) is 1.83.